The summed E-state index contributed by atoms with van der Waals surface area (Å²) in [6.07, 6.45) is 1.45. The van der Waals surface area contributed by atoms with E-state index in [2.05, 4.69) is 15.6 Å². The van der Waals surface area contributed by atoms with Gasteiger partial charge in [-0.1, -0.05) is 25.4 Å². The normalized spacial score (nSPS) is 12.5. The third-order valence-corrected chi connectivity index (χ3v) is 3.63. The molecule has 1 atom stereocenters. The Morgan fingerprint density at radius 1 is 1.33 bits per heavy atom. The van der Waals surface area contributed by atoms with Crippen molar-refractivity contribution >= 4 is 34.1 Å². The number of anilines is 1. The number of fused-ring (bicyclic) bond motifs is 1. The minimum atomic E-state index is -0.527. The van der Waals surface area contributed by atoms with Gasteiger partial charge in [-0.3, -0.25) is 9.78 Å². The lowest BCUT2D eigenvalue weighted by Crippen LogP contribution is -2.41. The van der Waals surface area contributed by atoms with Gasteiger partial charge in [0.2, 0.25) is 5.91 Å². The van der Waals surface area contributed by atoms with E-state index in [-0.39, 0.29) is 23.0 Å². The number of carbonyl (C=O) groups excluding carboxylic acids is 1. The first-order valence-electron chi connectivity index (χ1n) is 6.66. The summed E-state index contributed by atoms with van der Waals surface area (Å²) in [6, 6.07) is 4.35. The van der Waals surface area contributed by atoms with Crippen LogP contribution in [-0.4, -0.2) is 24.0 Å². The summed E-state index contributed by atoms with van der Waals surface area (Å²) in [5, 5.41) is 6.50. The molecule has 0 aliphatic carbocycles. The second-order valence-corrected chi connectivity index (χ2v) is 5.50. The SMILES string of the molecule is CNC(=O)C(Nc1ccc2c(Cl)ccnc2c1F)C(C)C. The first-order chi connectivity index (χ1) is 9.95. The van der Waals surface area contributed by atoms with Crippen molar-refractivity contribution in [2.24, 2.45) is 5.92 Å². The molecule has 2 rings (SSSR count). The third-order valence-electron chi connectivity index (χ3n) is 3.30. The highest BCUT2D eigenvalue weighted by molar-refractivity contribution is 6.35. The number of aromatic nitrogens is 1. The summed E-state index contributed by atoms with van der Waals surface area (Å²) in [4.78, 5) is 15.9. The fourth-order valence-electron chi connectivity index (χ4n) is 2.12. The van der Waals surface area contributed by atoms with Gasteiger partial charge >= 0.3 is 0 Å². The van der Waals surface area contributed by atoms with Gasteiger partial charge in [0.25, 0.3) is 0 Å². The topological polar surface area (TPSA) is 54.0 Å². The molecule has 4 nitrogen and oxygen atoms in total. The highest BCUT2D eigenvalue weighted by atomic mass is 35.5. The molecule has 0 saturated carbocycles. The first-order valence-corrected chi connectivity index (χ1v) is 7.04. The molecule has 112 valence electrons. The molecule has 0 radical (unpaired) electrons. The molecule has 1 heterocycles. The van der Waals surface area contributed by atoms with Gasteiger partial charge in [-0.2, -0.15) is 0 Å². The Kier molecular flexibility index (Phi) is 4.63. The van der Waals surface area contributed by atoms with Crippen molar-refractivity contribution in [1.29, 1.82) is 0 Å². The molecule has 0 aliphatic heterocycles. The molecule has 2 N–H and O–H groups in total. The van der Waals surface area contributed by atoms with Crippen molar-refractivity contribution in [3.8, 4) is 0 Å². The molecule has 1 aromatic carbocycles. The monoisotopic (exact) mass is 309 g/mol. The molecule has 2 aromatic rings. The zero-order valence-electron chi connectivity index (χ0n) is 12.1. The zero-order chi connectivity index (χ0) is 15.6. The number of likely N-dealkylation sites (N-methyl/N-ethyl adjacent to an activating group) is 1. The molecule has 0 saturated heterocycles. The van der Waals surface area contributed by atoms with Gasteiger partial charge in [-0.25, -0.2) is 4.39 Å². The number of rotatable bonds is 4. The third kappa shape index (κ3) is 3.08. The second kappa shape index (κ2) is 6.26. The predicted molar refractivity (Wildman–Crippen MR) is 83.0 cm³/mol. The van der Waals surface area contributed by atoms with Crippen LogP contribution in [0.1, 0.15) is 13.8 Å². The molecule has 1 unspecified atom stereocenters. The number of nitrogens with zero attached hydrogens (tertiary/aromatic N) is 1. The predicted octanol–water partition coefficient (Wildman–Crippen LogP) is 3.21. The smallest absolute Gasteiger partial charge is 0.242 e. The number of halogens is 2. The van der Waals surface area contributed by atoms with E-state index in [4.69, 9.17) is 11.6 Å². The summed E-state index contributed by atoms with van der Waals surface area (Å²) in [6.45, 7) is 3.78. The van der Waals surface area contributed by atoms with Gasteiger partial charge < -0.3 is 10.6 Å². The minimum Gasteiger partial charge on any atom is -0.371 e. The van der Waals surface area contributed by atoms with Gasteiger partial charge in [-0.15, -0.1) is 0 Å². The van der Waals surface area contributed by atoms with Gasteiger partial charge in [0.15, 0.2) is 5.82 Å². The van der Waals surface area contributed by atoms with Crippen molar-refractivity contribution in [2.45, 2.75) is 19.9 Å². The van der Waals surface area contributed by atoms with E-state index >= 15 is 0 Å². The Bertz CT molecular complexity index is 675. The van der Waals surface area contributed by atoms with Crippen LogP contribution in [0.5, 0.6) is 0 Å². The molecule has 0 bridgehead atoms. The molecule has 21 heavy (non-hydrogen) atoms. The number of amides is 1. The van der Waals surface area contributed by atoms with Crippen LogP contribution in [0.2, 0.25) is 5.02 Å². The van der Waals surface area contributed by atoms with E-state index in [1.807, 2.05) is 13.8 Å². The van der Waals surface area contributed by atoms with Gasteiger partial charge in [0.1, 0.15) is 11.6 Å². The van der Waals surface area contributed by atoms with Gasteiger partial charge in [0.05, 0.1) is 10.7 Å². The molecular formula is C15H17ClFN3O. The Labute approximate surface area is 127 Å². The number of hydrogen-bond acceptors (Lipinski definition) is 3. The van der Waals surface area contributed by atoms with E-state index < -0.39 is 11.9 Å². The van der Waals surface area contributed by atoms with Crippen LogP contribution in [0.4, 0.5) is 10.1 Å². The molecule has 1 amide bonds. The summed E-state index contributed by atoms with van der Waals surface area (Å²) in [5.74, 6) is -0.694. The molecule has 0 fully saturated rings. The lowest BCUT2D eigenvalue weighted by molar-refractivity contribution is -0.122. The fourth-order valence-corrected chi connectivity index (χ4v) is 2.33. The second-order valence-electron chi connectivity index (χ2n) is 5.10. The van der Waals surface area contributed by atoms with Crippen LogP contribution in [0.15, 0.2) is 24.4 Å². The summed E-state index contributed by atoms with van der Waals surface area (Å²) < 4.78 is 14.5. The Hall–Kier alpha value is -1.88. The molecule has 0 aliphatic rings. The van der Waals surface area contributed by atoms with Crippen LogP contribution in [-0.2, 0) is 4.79 Å². The van der Waals surface area contributed by atoms with E-state index in [1.54, 1.807) is 25.2 Å². The lowest BCUT2D eigenvalue weighted by Gasteiger charge is -2.22. The standard InChI is InChI=1S/C15H17ClFN3O/c1-8(2)13(15(21)18-3)20-11-5-4-9-10(16)6-7-19-14(9)12(11)17/h4-8,13,20H,1-3H3,(H,18,21). The number of carbonyl (C=O) groups is 1. The minimum absolute atomic E-state index is 0.00682. The maximum Gasteiger partial charge on any atom is 0.242 e. The van der Waals surface area contributed by atoms with Crippen molar-refractivity contribution < 1.29 is 9.18 Å². The van der Waals surface area contributed by atoms with Crippen molar-refractivity contribution in [1.82, 2.24) is 10.3 Å². The molecule has 1 aromatic heterocycles. The Morgan fingerprint density at radius 2 is 2.05 bits per heavy atom. The summed E-state index contributed by atoms with van der Waals surface area (Å²) >= 11 is 6.02. The number of pyridine rings is 1. The fraction of sp³-hybridized carbons (Fsp3) is 0.333. The molecule has 0 spiro atoms. The van der Waals surface area contributed by atoms with Crippen LogP contribution in [0.25, 0.3) is 10.9 Å². The molecule has 6 heteroatoms. The summed E-state index contributed by atoms with van der Waals surface area (Å²) in [7, 11) is 1.55. The van der Waals surface area contributed by atoms with Crippen molar-refractivity contribution in [2.75, 3.05) is 12.4 Å². The maximum atomic E-state index is 14.5. The van der Waals surface area contributed by atoms with Gasteiger partial charge in [-0.05, 0) is 24.1 Å². The van der Waals surface area contributed by atoms with Crippen LogP contribution >= 0.6 is 11.6 Å². The van der Waals surface area contributed by atoms with Crippen molar-refractivity contribution in [3.05, 3.63) is 35.2 Å². The largest absolute Gasteiger partial charge is 0.371 e. The van der Waals surface area contributed by atoms with Crippen LogP contribution in [0.3, 0.4) is 0 Å². The highest BCUT2D eigenvalue weighted by Gasteiger charge is 2.22. The van der Waals surface area contributed by atoms with Crippen molar-refractivity contribution in [3.63, 3.8) is 0 Å². The van der Waals surface area contributed by atoms with Crippen LogP contribution < -0.4 is 10.6 Å². The Balaban J connectivity index is 2.43. The number of hydrogen-bond donors (Lipinski definition) is 2. The lowest BCUT2D eigenvalue weighted by atomic mass is 10.0. The Morgan fingerprint density at radius 3 is 2.67 bits per heavy atom. The maximum absolute atomic E-state index is 14.5. The number of nitrogens with one attached hydrogen (secondary N) is 2. The first kappa shape index (κ1) is 15.5. The number of benzene rings is 1. The van der Waals surface area contributed by atoms with Crippen LogP contribution in [0, 0.1) is 11.7 Å². The van der Waals surface area contributed by atoms with E-state index in [1.165, 1.54) is 6.20 Å². The zero-order valence-corrected chi connectivity index (χ0v) is 12.8. The van der Waals surface area contributed by atoms with Gasteiger partial charge in [0, 0.05) is 18.6 Å². The average Bonchev–Trinajstić information content (AvgIpc) is 2.46. The van der Waals surface area contributed by atoms with E-state index in [0.717, 1.165) is 0 Å². The highest BCUT2D eigenvalue weighted by Crippen LogP contribution is 2.28. The quantitative estimate of drug-likeness (QED) is 0.912. The van der Waals surface area contributed by atoms with E-state index in [0.29, 0.717) is 10.4 Å². The molecular weight excluding hydrogens is 293 g/mol. The van der Waals surface area contributed by atoms with E-state index in [9.17, 15) is 9.18 Å². The summed E-state index contributed by atoms with van der Waals surface area (Å²) in [5.41, 5.74) is 0.423. The average molecular weight is 310 g/mol.